The number of anilines is 1. The van der Waals surface area contributed by atoms with Crippen LogP contribution in [0.1, 0.15) is 15.9 Å². The Hall–Kier alpha value is -2.11. The molecule has 0 aliphatic rings. The third kappa shape index (κ3) is 4.44. The van der Waals surface area contributed by atoms with Crippen molar-refractivity contribution in [1.82, 2.24) is 0 Å². The van der Waals surface area contributed by atoms with Gasteiger partial charge in [0.2, 0.25) is 5.91 Å². The monoisotopic (exact) mass is 379 g/mol. The molecule has 0 radical (unpaired) electrons. The number of halogens is 2. The van der Waals surface area contributed by atoms with E-state index < -0.39 is 11.9 Å². The van der Waals surface area contributed by atoms with Crippen molar-refractivity contribution in [2.24, 2.45) is 0 Å². The molecule has 2 rings (SSSR count). The second-order valence-corrected chi connectivity index (χ2v) is 5.72. The molecule has 22 heavy (non-hydrogen) atoms. The molecule has 2 aromatic carbocycles. The minimum Gasteiger partial charge on any atom is -0.478 e. The van der Waals surface area contributed by atoms with Gasteiger partial charge in [-0.25, -0.2) is 4.79 Å². The van der Waals surface area contributed by atoms with Gasteiger partial charge in [0.25, 0.3) is 0 Å². The zero-order valence-corrected chi connectivity index (χ0v) is 13.6. The lowest BCUT2D eigenvalue weighted by molar-refractivity contribution is -0.111. The SMILES string of the molecule is O=C(C=Cc1cccc(Br)c1)Nc1cc(Cl)ccc1C(=O)O. The van der Waals surface area contributed by atoms with Crippen molar-refractivity contribution in [3.05, 3.63) is 69.2 Å². The summed E-state index contributed by atoms with van der Waals surface area (Å²) in [5.41, 5.74) is 0.978. The van der Waals surface area contributed by atoms with Gasteiger partial charge in [-0.15, -0.1) is 0 Å². The van der Waals surface area contributed by atoms with Crippen molar-refractivity contribution in [1.29, 1.82) is 0 Å². The highest BCUT2D eigenvalue weighted by Crippen LogP contribution is 2.21. The predicted molar refractivity (Wildman–Crippen MR) is 90.2 cm³/mol. The molecule has 2 N–H and O–H groups in total. The molecule has 0 fully saturated rings. The van der Waals surface area contributed by atoms with E-state index >= 15 is 0 Å². The zero-order chi connectivity index (χ0) is 16.1. The smallest absolute Gasteiger partial charge is 0.337 e. The lowest BCUT2D eigenvalue weighted by Crippen LogP contribution is -2.12. The van der Waals surface area contributed by atoms with Crippen LogP contribution in [0.4, 0.5) is 5.69 Å². The number of carbonyl (C=O) groups excluding carboxylic acids is 1. The Morgan fingerprint density at radius 2 is 1.95 bits per heavy atom. The fraction of sp³-hybridized carbons (Fsp3) is 0. The molecule has 112 valence electrons. The minimum absolute atomic E-state index is 0.0198. The lowest BCUT2D eigenvalue weighted by Gasteiger charge is -2.07. The van der Waals surface area contributed by atoms with Crippen LogP contribution in [0.25, 0.3) is 6.08 Å². The highest BCUT2D eigenvalue weighted by atomic mass is 79.9. The van der Waals surface area contributed by atoms with E-state index in [0.717, 1.165) is 10.0 Å². The Morgan fingerprint density at radius 3 is 2.64 bits per heavy atom. The molecular weight excluding hydrogens is 370 g/mol. The lowest BCUT2D eigenvalue weighted by atomic mass is 10.1. The van der Waals surface area contributed by atoms with Crippen LogP contribution in [0.3, 0.4) is 0 Å². The van der Waals surface area contributed by atoms with Gasteiger partial charge >= 0.3 is 5.97 Å². The number of rotatable bonds is 4. The Balaban J connectivity index is 2.15. The van der Waals surface area contributed by atoms with E-state index in [2.05, 4.69) is 21.2 Å². The highest BCUT2D eigenvalue weighted by Gasteiger charge is 2.11. The molecule has 2 aromatic rings. The first-order valence-corrected chi connectivity index (χ1v) is 7.40. The van der Waals surface area contributed by atoms with Gasteiger partial charge in [-0.2, -0.15) is 0 Å². The molecule has 0 aliphatic heterocycles. The van der Waals surface area contributed by atoms with Gasteiger partial charge in [0.05, 0.1) is 11.3 Å². The molecule has 0 unspecified atom stereocenters. The predicted octanol–water partition coefficient (Wildman–Crippen LogP) is 4.45. The maximum atomic E-state index is 11.9. The second kappa shape index (κ2) is 7.24. The van der Waals surface area contributed by atoms with Crippen LogP contribution in [-0.4, -0.2) is 17.0 Å². The van der Waals surface area contributed by atoms with Gasteiger partial charge in [-0.3, -0.25) is 4.79 Å². The third-order valence-electron chi connectivity index (χ3n) is 2.75. The zero-order valence-electron chi connectivity index (χ0n) is 11.2. The summed E-state index contributed by atoms with van der Waals surface area (Å²) in [6.45, 7) is 0. The average Bonchev–Trinajstić information content (AvgIpc) is 2.45. The summed E-state index contributed by atoms with van der Waals surface area (Å²) < 4.78 is 0.901. The van der Waals surface area contributed by atoms with Crippen molar-refractivity contribution in [2.75, 3.05) is 5.32 Å². The Labute approximate surface area is 140 Å². The van der Waals surface area contributed by atoms with Crippen molar-refractivity contribution in [3.63, 3.8) is 0 Å². The fourth-order valence-electron chi connectivity index (χ4n) is 1.76. The quantitative estimate of drug-likeness (QED) is 0.770. The van der Waals surface area contributed by atoms with E-state index in [1.807, 2.05) is 24.3 Å². The topological polar surface area (TPSA) is 66.4 Å². The summed E-state index contributed by atoms with van der Waals surface area (Å²) in [6, 6.07) is 11.6. The van der Waals surface area contributed by atoms with Gasteiger partial charge in [0.15, 0.2) is 0 Å². The summed E-state index contributed by atoms with van der Waals surface area (Å²) in [7, 11) is 0. The number of carbonyl (C=O) groups is 2. The standard InChI is InChI=1S/C16H11BrClNO3/c17-11-3-1-2-10(8-11)4-7-15(20)19-14-9-12(18)5-6-13(14)16(21)22/h1-9H,(H,19,20)(H,21,22). The molecule has 4 nitrogen and oxygen atoms in total. The normalized spacial score (nSPS) is 10.6. The second-order valence-electron chi connectivity index (χ2n) is 4.37. The molecular formula is C16H11BrClNO3. The van der Waals surface area contributed by atoms with E-state index in [1.165, 1.54) is 24.3 Å². The number of benzene rings is 2. The van der Waals surface area contributed by atoms with E-state index in [-0.39, 0.29) is 11.3 Å². The number of carboxylic acid groups (broad SMARTS) is 1. The van der Waals surface area contributed by atoms with Crippen LogP contribution in [0.15, 0.2) is 53.0 Å². The molecule has 0 saturated heterocycles. The van der Waals surface area contributed by atoms with Gasteiger partial charge in [-0.05, 0) is 42.0 Å². The number of nitrogens with one attached hydrogen (secondary N) is 1. The van der Waals surface area contributed by atoms with E-state index in [4.69, 9.17) is 16.7 Å². The van der Waals surface area contributed by atoms with E-state index in [9.17, 15) is 9.59 Å². The summed E-state index contributed by atoms with van der Waals surface area (Å²) in [6.07, 6.45) is 2.96. The molecule has 0 aliphatic carbocycles. The Morgan fingerprint density at radius 1 is 1.18 bits per heavy atom. The van der Waals surface area contributed by atoms with Crippen LogP contribution in [0, 0.1) is 0 Å². The van der Waals surface area contributed by atoms with E-state index in [1.54, 1.807) is 6.08 Å². The molecule has 6 heteroatoms. The van der Waals surface area contributed by atoms with Gasteiger partial charge < -0.3 is 10.4 Å². The summed E-state index contributed by atoms with van der Waals surface area (Å²) >= 11 is 9.17. The molecule has 0 heterocycles. The van der Waals surface area contributed by atoms with Crippen molar-refractivity contribution < 1.29 is 14.7 Å². The van der Waals surface area contributed by atoms with Crippen molar-refractivity contribution in [3.8, 4) is 0 Å². The number of hydrogen-bond acceptors (Lipinski definition) is 2. The molecule has 0 spiro atoms. The van der Waals surface area contributed by atoms with Crippen LogP contribution in [-0.2, 0) is 4.79 Å². The highest BCUT2D eigenvalue weighted by molar-refractivity contribution is 9.10. The Bertz CT molecular complexity index is 759. The molecule has 0 saturated carbocycles. The molecule has 0 atom stereocenters. The summed E-state index contributed by atoms with van der Waals surface area (Å²) in [4.78, 5) is 23.0. The first kappa shape index (κ1) is 16.3. The van der Waals surface area contributed by atoms with Crippen molar-refractivity contribution in [2.45, 2.75) is 0 Å². The van der Waals surface area contributed by atoms with Crippen molar-refractivity contribution >= 4 is 51.2 Å². The van der Waals surface area contributed by atoms with Gasteiger partial charge in [0.1, 0.15) is 0 Å². The summed E-state index contributed by atoms with van der Waals surface area (Å²) in [5.74, 6) is -1.58. The average molecular weight is 381 g/mol. The first-order chi connectivity index (χ1) is 10.5. The van der Waals surface area contributed by atoms with Crippen LogP contribution >= 0.6 is 27.5 Å². The van der Waals surface area contributed by atoms with Gasteiger partial charge in [-0.1, -0.05) is 39.7 Å². The minimum atomic E-state index is -1.14. The fourth-order valence-corrected chi connectivity index (χ4v) is 2.35. The third-order valence-corrected chi connectivity index (χ3v) is 3.47. The number of carboxylic acids is 1. The molecule has 0 aromatic heterocycles. The van der Waals surface area contributed by atoms with Crippen LogP contribution in [0.2, 0.25) is 5.02 Å². The molecule has 1 amide bonds. The number of hydrogen-bond donors (Lipinski definition) is 2. The van der Waals surface area contributed by atoms with Gasteiger partial charge in [0, 0.05) is 15.6 Å². The number of aromatic carboxylic acids is 1. The maximum Gasteiger partial charge on any atom is 0.337 e. The Kier molecular flexibility index (Phi) is 5.35. The van der Waals surface area contributed by atoms with Crippen LogP contribution in [0.5, 0.6) is 0 Å². The number of amides is 1. The largest absolute Gasteiger partial charge is 0.478 e. The molecule has 0 bridgehead atoms. The summed E-state index contributed by atoms with van der Waals surface area (Å²) in [5, 5.41) is 11.9. The van der Waals surface area contributed by atoms with E-state index in [0.29, 0.717) is 5.02 Å². The maximum absolute atomic E-state index is 11.9. The van der Waals surface area contributed by atoms with Crippen LogP contribution < -0.4 is 5.32 Å². The first-order valence-electron chi connectivity index (χ1n) is 6.23.